The smallest absolute Gasteiger partial charge is 0.161 e. The van der Waals surface area contributed by atoms with Crippen molar-refractivity contribution in [2.24, 2.45) is 11.8 Å². The molecule has 2 atom stereocenters. The van der Waals surface area contributed by atoms with Crippen LogP contribution in [0.4, 0.5) is 0 Å². The summed E-state index contributed by atoms with van der Waals surface area (Å²) in [5, 5.41) is 0. The second kappa shape index (κ2) is 6.52. The molecule has 0 bridgehead atoms. The Hall–Kier alpha value is -1.55. The molecule has 0 saturated carbocycles. The fourth-order valence-corrected chi connectivity index (χ4v) is 2.93. The lowest BCUT2D eigenvalue weighted by atomic mass is 9.80. The lowest BCUT2D eigenvalue weighted by Gasteiger charge is -2.43. The van der Waals surface area contributed by atoms with Gasteiger partial charge in [-0.05, 0) is 42.0 Å². The van der Waals surface area contributed by atoms with E-state index >= 15 is 0 Å². The van der Waals surface area contributed by atoms with Crippen molar-refractivity contribution in [2.75, 3.05) is 27.2 Å². The lowest BCUT2D eigenvalue weighted by Crippen LogP contribution is -2.46. The van der Waals surface area contributed by atoms with Gasteiger partial charge in [0.05, 0.1) is 21.0 Å². The topological polar surface area (TPSA) is 38.8 Å². The van der Waals surface area contributed by atoms with Crippen molar-refractivity contribution in [3.63, 3.8) is 0 Å². The molecule has 0 spiro atoms. The van der Waals surface area contributed by atoms with Crippen molar-refractivity contribution in [3.8, 4) is 11.5 Å². The quantitative estimate of drug-likeness (QED) is 0.851. The van der Waals surface area contributed by atoms with Gasteiger partial charge in [-0.25, -0.2) is 0 Å². The molecule has 4 heteroatoms. The molecule has 23 heavy (non-hydrogen) atoms. The summed E-state index contributed by atoms with van der Waals surface area (Å²) in [6, 6.07) is -2.49. The molecule has 2 heterocycles. The van der Waals surface area contributed by atoms with Crippen LogP contribution in [0.25, 0.3) is 0 Å². The van der Waals surface area contributed by atoms with Crippen molar-refractivity contribution in [3.05, 3.63) is 23.2 Å². The molecule has 1 saturated heterocycles. The molecule has 3 rings (SSSR count). The Morgan fingerprint density at radius 3 is 2.96 bits per heavy atom. The van der Waals surface area contributed by atoms with Crippen LogP contribution in [0.15, 0.2) is 12.1 Å². The van der Waals surface area contributed by atoms with E-state index in [9.17, 15) is 4.79 Å². The number of benzene rings is 1. The van der Waals surface area contributed by atoms with Crippen molar-refractivity contribution >= 4 is 5.78 Å². The van der Waals surface area contributed by atoms with E-state index in [1.54, 1.807) is 13.8 Å². The van der Waals surface area contributed by atoms with E-state index in [1.165, 1.54) is 0 Å². The number of piperidine rings is 1. The van der Waals surface area contributed by atoms with E-state index in [0.29, 0.717) is 0 Å². The van der Waals surface area contributed by atoms with Gasteiger partial charge in [0.15, 0.2) is 11.5 Å². The van der Waals surface area contributed by atoms with Crippen LogP contribution >= 0.6 is 0 Å². The molecular weight excluding hydrogens is 290 g/mol. The van der Waals surface area contributed by atoms with E-state index in [4.69, 9.17) is 23.2 Å². The Bertz CT molecular complexity index is 978. The minimum atomic E-state index is -2.93. The molecule has 4 nitrogen and oxygen atoms in total. The van der Waals surface area contributed by atoms with Crippen LogP contribution in [0, 0.1) is 11.8 Å². The second-order valence-corrected chi connectivity index (χ2v) is 6.11. The summed E-state index contributed by atoms with van der Waals surface area (Å²) in [4.78, 5) is 14.4. The molecule has 1 fully saturated rings. The number of fused-ring (bicyclic) bond motifs is 3. The molecule has 2 aliphatic heterocycles. The molecule has 0 radical (unpaired) electrons. The fraction of sp³-hybridized carbons (Fsp3) is 0.632. The number of nitrogens with zero attached hydrogens (tertiary/aromatic N) is 1. The first-order chi connectivity index (χ1) is 14.9. The van der Waals surface area contributed by atoms with Crippen molar-refractivity contribution in [1.82, 2.24) is 4.90 Å². The number of rotatable bonds is 4. The van der Waals surface area contributed by atoms with Gasteiger partial charge in [0, 0.05) is 38.2 Å². The summed E-state index contributed by atoms with van der Waals surface area (Å²) in [7, 11) is -1.79. The van der Waals surface area contributed by atoms with Gasteiger partial charge < -0.3 is 9.47 Å². The minimum absolute atomic E-state index is 0.0283. The third-order valence-electron chi connectivity index (χ3n) is 3.97. The second-order valence-electron chi connectivity index (χ2n) is 6.11. The van der Waals surface area contributed by atoms with Crippen LogP contribution in [-0.2, 0) is 11.2 Å². The predicted molar refractivity (Wildman–Crippen MR) is 90.1 cm³/mol. The summed E-state index contributed by atoms with van der Waals surface area (Å²) in [6.07, 6.45) is -2.98. The van der Waals surface area contributed by atoms with Crippen LogP contribution in [0.3, 0.4) is 0 Å². The minimum Gasteiger partial charge on any atom is -0.493 e. The number of ether oxygens (including phenoxy) is 2. The highest BCUT2D eigenvalue weighted by molar-refractivity contribution is 5.83. The third-order valence-corrected chi connectivity index (χ3v) is 3.97. The van der Waals surface area contributed by atoms with Gasteiger partial charge >= 0.3 is 0 Å². The largest absolute Gasteiger partial charge is 0.493 e. The monoisotopic (exact) mass is 327 g/mol. The van der Waals surface area contributed by atoms with E-state index < -0.39 is 61.2 Å². The summed E-state index contributed by atoms with van der Waals surface area (Å²) in [5.41, 5.74) is -0.0371. The van der Waals surface area contributed by atoms with E-state index in [0.717, 1.165) is 12.0 Å². The maximum absolute atomic E-state index is 13.3. The molecule has 0 N–H and O–H groups in total. The molecule has 126 valence electrons. The van der Waals surface area contributed by atoms with E-state index in [-0.39, 0.29) is 36.4 Å². The Labute approximate surface area is 152 Å². The van der Waals surface area contributed by atoms with E-state index in [1.807, 2.05) is 0 Å². The molecule has 2 unspecified atom stereocenters. The van der Waals surface area contributed by atoms with Gasteiger partial charge in [-0.1, -0.05) is 13.8 Å². The summed E-state index contributed by atoms with van der Waals surface area (Å²) in [6.45, 7) is 0.746. The summed E-state index contributed by atoms with van der Waals surface area (Å²) in [5.74, 6) is -4.76. The third kappa shape index (κ3) is 3.09. The number of carbonyl (C=O) groups is 1. The standard InChI is InChI=1S/C19H27NO3/c1-12(2)7-14-11-20-6-5-13-8-18(22-3)19(23-4)9-15(13)16(20)10-17(14)21/h8-9,12,14,16H,5-7,10-11H2,1-4H3/i3D3,8D,9D,10D2,11D2,14D. The number of methoxy groups -OCH3 is 2. The van der Waals surface area contributed by atoms with Gasteiger partial charge in [-0.3, -0.25) is 9.69 Å². The Morgan fingerprint density at radius 1 is 1.48 bits per heavy atom. The maximum Gasteiger partial charge on any atom is 0.161 e. The fourth-order valence-electron chi connectivity index (χ4n) is 2.93. The Kier molecular flexibility index (Phi) is 2.27. The van der Waals surface area contributed by atoms with Crippen LogP contribution < -0.4 is 9.47 Å². The van der Waals surface area contributed by atoms with Gasteiger partial charge in [-0.2, -0.15) is 0 Å². The molecule has 1 aromatic rings. The highest BCUT2D eigenvalue weighted by Gasteiger charge is 2.38. The molecule has 0 aromatic heterocycles. The van der Waals surface area contributed by atoms with Crippen molar-refractivity contribution < 1.29 is 28.0 Å². The number of hydrogen-bond donors (Lipinski definition) is 0. The van der Waals surface area contributed by atoms with Gasteiger partial charge in [0.1, 0.15) is 5.78 Å². The number of hydrogen-bond acceptors (Lipinski definition) is 4. The van der Waals surface area contributed by atoms with Gasteiger partial charge in [0.25, 0.3) is 0 Å². The molecule has 2 aliphatic rings. The Balaban J connectivity index is 2.29. The zero-order valence-electron chi connectivity index (χ0n) is 23.4. The van der Waals surface area contributed by atoms with Crippen molar-refractivity contribution in [1.29, 1.82) is 0 Å². The first-order valence-corrected chi connectivity index (χ1v) is 7.62. The normalized spacial score (nSPS) is 38.8. The van der Waals surface area contributed by atoms with Gasteiger partial charge in [-0.15, -0.1) is 0 Å². The molecule has 0 aliphatic carbocycles. The van der Waals surface area contributed by atoms with Crippen molar-refractivity contribution in [2.45, 2.75) is 39.1 Å². The number of Topliss-reactive ketones (excluding diaryl/α,β-unsaturated/α-hetero) is 1. The first-order valence-electron chi connectivity index (χ1n) is 12.6. The highest BCUT2D eigenvalue weighted by atomic mass is 16.5. The van der Waals surface area contributed by atoms with E-state index in [2.05, 4.69) is 0 Å². The summed E-state index contributed by atoms with van der Waals surface area (Å²) < 4.78 is 92.7. The first kappa shape index (κ1) is 8.02. The molecule has 1 aromatic carbocycles. The zero-order chi connectivity index (χ0) is 25.3. The SMILES string of the molecule is [2H]c1c2c(c([2H])c(OC)c1OC([2H])([2H])[2H])C1N(CC2)C([2H])([2H])C([2H])(CC(C)C)C(=O)C1([2H])[2H]. The summed E-state index contributed by atoms with van der Waals surface area (Å²) >= 11 is 0. The lowest BCUT2D eigenvalue weighted by molar-refractivity contribution is -0.129. The van der Waals surface area contributed by atoms with Crippen LogP contribution in [0.2, 0.25) is 0 Å². The maximum atomic E-state index is 13.3. The number of carbonyl (C=O) groups excluding carboxylic acids is 1. The molecule has 0 amide bonds. The highest BCUT2D eigenvalue weighted by Crippen LogP contribution is 2.42. The predicted octanol–water partition coefficient (Wildman–Crippen LogP) is 3.24. The van der Waals surface area contributed by atoms with Gasteiger partial charge in [0.2, 0.25) is 0 Å². The zero-order valence-corrected chi connectivity index (χ0v) is 13.4. The Morgan fingerprint density at radius 2 is 2.26 bits per heavy atom. The van der Waals surface area contributed by atoms with Crippen LogP contribution in [0.1, 0.15) is 57.5 Å². The average molecular weight is 327 g/mol. The average Bonchev–Trinajstić information content (AvgIpc) is 2.67. The van der Waals surface area contributed by atoms with Crippen LogP contribution in [-0.4, -0.2) is 37.9 Å². The van der Waals surface area contributed by atoms with Crippen LogP contribution in [0.5, 0.6) is 11.5 Å². The number of ketones is 1. The molecular formula is C19H27NO3.